The van der Waals surface area contributed by atoms with E-state index in [9.17, 15) is 14.4 Å². The molecule has 0 saturated carbocycles. The van der Waals surface area contributed by atoms with E-state index in [0.717, 1.165) is 4.68 Å². The molecule has 0 aromatic carbocycles. The monoisotopic (exact) mass is 523 g/mol. The summed E-state index contributed by atoms with van der Waals surface area (Å²) in [6, 6.07) is 0. The number of halogens is 1. The van der Waals surface area contributed by atoms with Crippen LogP contribution in [0.15, 0.2) is 0 Å². The number of rotatable bonds is 1. The zero-order valence-corrected chi connectivity index (χ0v) is 20.8. The molecule has 2 amide bonds. The number of aromatic nitrogens is 2. The van der Waals surface area contributed by atoms with Gasteiger partial charge in [-0.15, -0.1) is 5.10 Å². The minimum atomic E-state index is -0.960. The Morgan fingerprint density at radius 2 is 1.21 bits per heavy atom. The van der Waals surface area contributed by atoms with Gasteiger partial charge in [0.05, 0.1) is 9.26 Å². The second-order valence-corrected chi connectivity index (χ2v) is 10.5. The van der Waals surface area contributed by atoms with Crippen molar-refractivity contribution >= 4 is 46.7 Å². The molecule has 1 rings (SSSR count). The summed E-state index contributed by atoms with van der Waals surface area (Å²) in [5, 5.41) is 4.15. The van der Waals surface area contributed by atoms with Gasteiger partial charge in [-0.05, 0) is 91.8 Å². The fourth-order valence-corrected chi connectivity index (χ4v) is 2.53. The molecule has 0 bridgehead atoms. The Hall–Kier alpha value is -1.85. The van der Waals surface area contributed by atoms with Gasteiger partial charge in [0.25, 0.3) is 0 Å². The molecule has 10 heteroatoms. The van der Waals surface area contributed by atoms with E-state index in [1.165, 1.54) is 0 Å². The second-order valence-electron chi connectivity index (χ2n) is 9.41. The van der Waals surface area contributed by atoms with Crippen molar-refractivity contribution in [2.24, 2.45) is 0 Å². The van der Waals surface area contributed by atoms with E-state index >= 15 is 0 Å². The number of ether oxygens (including phenoxy) is 3. The Balaban J connectivity index is 3.45. The molecule has 9 nitrogen and oxygen atoms in total. The van der Waals surface area contributed by atoms with E-state index in [-0.39, 0.29) is 5.82 Å². The average molecular weight is 523 g/mol. The van der Waals surface area contributed by atoms with Crippen LogP contribution in [0.1, 0.15) is 68.0 Å². The van der Waals surface area contributed by atoms with Crippen LogP contribution in [-0.2, 0) is 14.2 Å². The quantitative estimate of drug-likeness (QED) is 0.366. The number of carbonyl (C=O) groups is 3. The number of hydrogen-bond acceptors (Lipinski definition) is 7. The highest BCUT2D eigenvalue weighted by Crippen LogP contribution is 2.28. The number of carbonyl (C=O) groups excluding carboxylic acids is 3. The highest BCUT2D eigenvalue weighted by atomic mass is 127. The smallest absolute Gasteiger partial charge is 0.435 e. The van der Waals surface area contributed by atoms with Crippen LogP contribution < -0.4 is 4.90 Å². The van der Waals surface area contributed by atoms with E-state index in [4.69, 9.17) is 14.2 Å². The first-order valence-corrected chi connectivity index (χ1v) is 10.1. The fourth-order valence-electron chi connectivity index (χ4n) is 1.96. The van der Waals surface area contributed by atoms with Crippen molar-refractivity contribution in [2.45, 2.75) is 86.0 Å². The van der Waals surface area contributed by atoms with Crippen LogP contribution in [0, 0.1) is 10.5 Å². The third-order valence-corrected chi connectivity index (χ3v) is 4.22. The SMILES string of the molecule is Cc1c(I)c(N(C(=O)OC(C)(C)C)C(=O)OC(C)(C)C)nn1C(=O)OC(C)(C)C. The number of hydrogen-bond donors (Lipinski definition) is 0. The first kappa shape index (κ1) is 25.2. The van der Waals surface area contributed by atoms with Gasteiger partial charge < -0.3 is 14.2 Å². The molecule has 0 fully saturated rings. The van der Waals surface area contributed by atoms with E-state index in [0.29, 0.717) is 14.2 Å². The molecule has 0 N–H and O–H groups in total. The molecule has 164 valence electrons. The molecule has 0 radical (unpaired) electrons. The minimum Gasteiger partial charge on any atom is -0.443 e. The molecule has 0 unspecified atom stereocenters. The molecule has 0 aliphatic heterocycles. The Kier molecular flexibility index (Phi) is 7.37. The predicted molar refractivity (Wildman–Crippen MR) is 116 cm³/mol. The van der Waals surface area contributed by atoms with Gasteiger partial charge >= 0.3 is 18.3 Å². The lowest BCUT2D eigenvalue weighted by molar-refractivity contribution is 0.0419. The first-order chi connectivity index (χ1) is 12.8. The van der Waals surface area contributed by atoms with Crippen molar-refractivity contribution < 1.29 is 28.6 Å². The molecule has 29 heavy (non-hydrogen) atoms. The van der Waals surface area contributed by atoms with Crippen LogP contribution in [0.2, 0.25) is 0 Å². The molecule has 0 aliphatic carbocycles. The molecule has 0 spiro atoms. The van der Waals surface area contributed by atoms with Gasteiger partial charge in [0.2, 0.25) is 0 Å². The average Bonchev–Trinajstić information content (AvgIpc) is 2.70. The number of anilines is 1. The Labute approximate surface area is 185 Å². The van der Waals surface area contributed by atoms with E-state index in [2.05, 4.69) is 5.10 Å². The van der Waals surface area contributed by atoms with E-state index < -0.39 is 35.1 Å². The molecule has 1 heterocycles. The Morgan fingerprint density at radius 3 is 1.55 bits per heavy atom. The maximum Gasteiger partial charge on any atom is 0.435 e. The topological polar surface area (TPSA) is 100.0 Å². The number of nitrogens with zero attached hydrogens (tertiary/aromatic N) is 3. The van der Waals surface area contributed by atoms with Crippen LogP contribution in [-0.4, -0.2) is 44.9 Å². The fraction of sp³-hybridized carbons (Fsp3) is 0.684. The van der Waals surface area contributed by atoms with Gasteiger partial charge in [-0.2, -0.15) is 9.58 Å². The normalized spacial score (nSPS) is 12.4. The molecular formula is C19H30IN3O6. The van der Waals surface area contributed by atoms with Crippen LogP contribution in [0.25, 0.3) is 0 Å². The van der Waals surface area contributed by atoms with Crippen LogP contribution in [0.5, 0.6) is 0 Å². The lowest BCUT2D eigenvalue weighted by Gasteiger charge is -2.27. The maximum atomic E-state index is 12.8. The van der Waals surface area contributed by atoms with Gasteiger partial charge in [-0.1, -0.05) is 0 Å². The minimum absolute atomic E-state index is 0.0718. The van der Waals surface area contributed by atoms with E-state index in [1.807, 2.05) is 22.6 Å². The highest BCUT2D eigenvalue weighted by molar-refractivity contribution is 14.1. The van der Waals surface area contributed by atoms with Crippen molar-refractivity contribution in [2.75, 3.05) is 4.90 Å². The van der Waals surface area contributed by atoms with Crippen molar-refractivity contribution in [3.05, 3.63) is 9.26 Å². The summed E-state index contributed by atoms with van der Waals surface area (Å²) in [7, 11) is 0. The molecule has 0 aliphatic rings. The molecule has 0 saturated heterocycles. The lowest BCUT2D eigenvalue weighted by Crippen LogP contribution is -2.44. The summed E-state index contributed by atoms with van der Waals surface area (Å²) in [6.45, 7) is 16.9. The number of amides is 2. The Morgan fingerprint density at radius 1 is 0.828 bits per heavy atom. The second kappa shape index (κ2) is 8.49. The van der Waals surface area contributed by atoms with Crippen LogP contribution >= 0.6 is 22.6 Å². The van der Waals surface area contributed by atoms with Gasteiger partial charge in [0.15, 0.2) is 5.82 Å². The predicted octanol–water partition coefficient (Wildman–Crippen LogP) is 5.26. The summed E-state index contributed by atoms with van der Waals surface area (Å²) in [5.74, 6) is -0.0718. The first-order valence-electron chi connectivity index (χ1n) is 9.07. The molecule has 1 aromatic heterocycles. The van der Waals surface area contributed by atoms with Crippen LogP contribution in [0.3, 0.4) is 0 Å². The summed E-state index contributed by atoms with van der Waals surface area (Å²) in [4.78, 5) is 38.8. The summed E-state index contributed by atoms with van der Waals surface area (Å²) >= 11 is 1.90. The Bertz CT molecular complexity index is 769. The van der Waals surface area contributed by atoms with Crippen molar-refractivity contribution in [3.63, 3.8) is 0 Å². The van der Waals surface area contributed by atoms with Gasteiger partial charge in [-0.3, -0.25) is 0 Å². The van der Waals surface area contributed by atoms with Crippen molar-refractivity contribution in [1.29, 1.82) is 0 Å². The largest absolute Gasteiger partial charge is 0.443 e. The molecule has 1 aromatic rings. The summed E-state index contributed by atoms with van der Waals surface area (Å²) < 4.78 is 17.5. The maximum absolute atomic E-state index is 12.8. The standard InChI is InChI=1S/C19H30IN3O6/c1-11-12(20)13(21-23(11)16(26)29-19(8,9)10)22(14(24)27-17(2,3)4)15(25)28-18(5,6)7/h1-10H3. The third kappa shape index (κ3) is 7.48. The zero-order chi connectivity index (χ0) is 22.9. The molecular weight excluding hydrogens is 493 g/mol. The van der Waals surface area contributed by atoms with E-state index in [1.54, 1.807) is 69.2 Å². The third-order valence-electron chi connectivity index (χ3n) is 2.96. The van der Waals surface area contributed by atoms with Crippen LogP contribution in [0.4, 0.5) is 20.2 Å². The van der Waals surface area contributed by atoms with Crippen molar-refractivity contribution in [3.8, 4) is 0 Å². The van der Waals surface area contributed by atoms with Gasteiger partial charge in [0, 0.05) is 0 Å². The zero-order valence-electron chi connectivity index (χ0n) is 18.7. The number of imide groups is 1. The summed E-state index contributed by atoms with van der Waals surface area (Å²) in [6.07, 6.45) is -2.65. The molecule has 0 atom stereocenters. The lowest BCUT2D eigenvalue weighted by atomic mass is 10.2. The van der Waals surface area contributed by atoms with Gasteiger partial charge in [-0.25, -0.2) is 14.4 Å². The summed E-state index contributed by atoms with van der Waals surface area (Å²) in [5.41, 5.74) is -2.04. The highest BCUT2D eigenvalue weighted by Gasteiger charge is 2.37. The van der Waals surface area contributed by atoms with Gasteiger partial charge in [0.1, 0.15) is 16.8 Å². The van der Waals surface area contributed by atoms with Crippen molar-refractivity contribution in [1.82, 2.24) is 9.78 Å².